The van der Waals surface area contributed by atoms with Crippen molar-refractivity contribution in [3.63, 3.8) is 0 Å². The molecular formula is C15H15BrINO3. The molecule has 0 saturated heterocycles. The molecule has 21 heavy (non-hydrogen) atoms. The van der Waals surface area contributed by atoms with Gasteiger partial charge in [-0.2, -0.15) is 0 Å². The Hall–Kier alpha value is -0.630. The van der Waals surface area contributed by atoms with Crippen molar-refractivity contribution in [1.29, 1.82) is 0 Å². The predicted octanol–water partition coefficient (Wildman–Crippen LogP) is 3.28. The lowest BCUT2D eigenvalue weighted by Gasteiger charge is -2.29. The molecule has 0 spiro atoms. The number of benzene rings is 1. The first-order valence-electron chi connectivity index (χ1n) is 6.96. The molecule has 2 bridgehead atoms. The second-order valence-electron chi connectivity index (χ2n) is 5.82. The number of halogens is 2. The summed E-state index contributed by atoms with van der Waals surface area (Å²) in [4.78, 5) is 24.0. The highest BCUT2D eigenvalue weighted by atomic mass is 127. The highest BCUT2D eigenvalue weighted by Gasteiger charge is 2.51. The Balaban J connectivity index is 1.81. The van der Waals surface area contributed by atoms with Gasteiger partial charge in [-0.25, -0.2) is 0 Å². The number of nitrogens with one attached hydrogen (secondary N) is 1. The zero-order chi connectivity index (χ0) is 15.1. The van der Waals surface area contributed by atoms with Gasteiger partial charge >= 0.3 is 5.97 Å². The quantitative estimate of drug-likeness (QED) is 0.676. The maximum absolute atomic E-state index is 12.5. The van der Waals surface area contributed by atoms with Crippen LogP contribution in [0, 0.1) is 21.3 Å². The molecule has 2 saturated carbocycles. The molecule has 2 aliphatic rings. The van der Waals surface area contributed by atoms with E-state index in [4.69, 9.17) is 0 Å². The van der Waals surface area contributed by atoms with E-state index in [1.54, 1.807) is 6.07 Å². The van der Waals surface area contributed by atoms with E-state index in [1.807, 2.05) is 12.1 Å². The van der Waals surface area contributed by atoms with Crippen LogP contribution in [0.4, 0.5) is 0 Å². The van der Waals surface area contributed by atoms with Gasteiger partial charge in [-0.05, 0) is 71.9 Å². The maximum Gasteiger partial charge on any atom is 0.308 e. The zero-order valence-corrected chi connectivity index (χ0v) is 14.9. The van der Waals surface area contributed by atoms with Crippen molar-refractivity contribution < 1.29 is 14.7 Å². The highest BCUT2D eigenvalue weighted by Crippen LogP contribution is 2.48. The molecule has 1 aromatic rings. The van der Waals surface area contributed by atoms with Gasteiger partial charge in [0, 0.05) is 14.1 Å². The normalized spacial score (nSPS) is 30.4. The molecule has 4 nitrogen and oxygen atoms in total. The van der Waals surface area contributed by atoms with Crippen LogP contribution in [0.15, 0.2) is 22.7 Å². The van der Waals surface area contributed by atoms with Crippen molar-refractivity contribution in [1.82, 2.24) is 5.32 Å². The minimum atomic E-state index is -0.781. The summed E-state index contributed by atoms with van der Waals surface area (Å²) >= 11 is 5.49. The Bertz CT molecular complexity index is 607. The lowest BCUT2D eigenvalue weighted by molar-refractivity contribution is -0.144. The first kappa shape index (κ1) is 15.3. The van der Waals surface area contributed by atoms with Crippen LogP contribution in [0.1, 0.15) is 29.6 Å². The largest absolute Gasteiger partial charge is 0.481 e. The molecule has 6 heteroatoms. The third-order valence-corrected chi connectivity index (χ3v) is 6.11. The van der Waals surface area contributed by atoms with E-state index in [1.165, 1.54) is 0 Å². The molecule has 1 aromatic carbocycles. The van der Waals surface area contributed by atoms with Gasteiger partial charge in [-0.1, -0.05) is 15.9 Å². The number of carboxylic acids is 1. The van der Waals surface area contributed by atoms with Gasteiger partial charge in [0.15, 0.2) is 0 Å². The molecule has 1 amide bonds. The van der Waals surface area contributed by atoms with Gasteiger partial charge in [0.2, 0.25) is 0 Å². The van der Waals surface area contributed by atoms with Crippen molar-refractivity contribution in [2.45, 2.75) is 25.3 Å². The number of hydrogen-bond acceptors (Lipinski definition) is 2. The summed E-state index contributed by atoms with van der Waals surface area (Å²) in [6.07, 6.45) is 2.93. The van der Waals surface area contributed by atoms with Crippen LogP contribution in [-0.4, -0.2) is 23.0 Å². The molecule has 0 heterocycles. The summed E-state index contributed by atoms with van der Waals surface area (Å²) in [7, 11) is 0. The Labute approximate surface area is 145 Å². The number of fused-ring (bicyclic) bond motifs is 2. The summed E-state index contributed by atoms with van der Waals surface area (Å²) in [5, 5.41) is 12.4. The number of hydrogen-bond donors (Lipinski definition) is 2. The van der Waals surface area contributed by atoms with Crippen molar-refractivity contribution >= 4 is 50.4 Å². The fourth-order valence-corrected chi connectivity index (χ4v) is 4.70. The monoisotopic (exact) mass is 463 g/mol. The lowest BCUT2D eigenvalue weighted by atomic mass is 9.84. The van der Waals surface area contributed by atoms with Crippen molar-refractivity contribution in [2.24, 2.45) is 17.8 Å². The average Bonchev–Trinajstić information content (AvgIpc) is 3.02. The van der Waals surface area contributed by atoms with Gasteiger partial charge in [-0.15, -0.1) is 0 Å². The summed E-state index contributed by atoms with van der Waals surface area (Å²) in [5.74, 6) is -0.859. The fourth-order valence-electron chi connectivity index (χ4n) is 3.75. The number of rotatable bonds is 3. The van der Waals surface area contributed by atoms with Gasteiger partial charge in [0.25, 0.3) is 5.91 Å². The smallest absolute Gasteiger partial charge is 0.308 e. The topological polar surface area (TPSA) is 66.4 Å². The Kier molecular flexibility index (Phi) is 4.27. The third-order valence-electron chi connectivity index (χ3n) is 4.67. The van der Waals surface area contributed by atoms with Crippen LogP contribution in [0.25, 0.3) is 0 Å². The van der Waals surface area contributed by atoms with E-state index in [2.05, 4.69) is 43.8 Å². The van der Waals surface area contributed by atoms with Crippen LogP contribution in [0.3, 0.4) is 0 Å². The number of aliphatic carboxylic acids is 1. The molecule has 0 radical (unpaired) electrons. The molecule has 2 aliphatic carbocycles. The standard InChI is InChI=1S/C15H15BrINO3/c16-9-3-4-11(17)10(6-9)14(19)18-13-8-2-1-7(5-8)12(13)15(20)21/h3-4,6-8,12-13H,1-2,5H2,(H,18,19)(H,20,21). The number of amides is 1. The number of carboxylic acid groups (broad SMARTS) is 1. The lowest BCUT2D eigenvalue weighted by Crippen LogP contribution is -2.47. The van der Waals surface area contributed by atoms with E-state index in [9.17, 15) is 14.7 Å². The fraction of sp³-hybridized carbons (Fsp3) is 0.467. The second kappa shape index (κ2) is 5.87. The van der Waals surface area contributed by atoms with E-state index in [-0.39, 0.29) is 17.9 Å². The maximum atomic E-state index is 12.5. The average molecular weight is 464 g/mol. The SMILES string of the molecule is O=C(NC1C2CCC(C2)C1C(=O)O)c1cc(Br)ccc1I. The molecule has 0 aliphatic heterocycles. The summed E-state index contributed by atoms with van der Waals surface area (Å²) in [6.45, 7) is 0. The van der Waals surface area contributed by atoms with Gasteiger partial charge in [-0.3, -0.25) is 9.59 Å². The third kappa shape index (κ3) is 2.84. The second-order valence-corrected chi connectivity index (χ2v) is 7.90. The van der Waals surface area contributed by atoms with Crippen LogP contribution < -0.4 is 5.32 Å². The van der Waals surface area contributed by atoms with Gasteiger partial charge in [0.1, 0.15) is 0 Å². The molecule has 2 fully saturated rings. The summed E-state index contributed by atoms with van der Waals surface area (Å²) < 4.78 is 1.71. The highest BCUT2D eigenvalue weighted by molar-refractivity contribution is 14.1. The van der Waals surface area contributed by atoms with E-state index in [0.717, 1.165) is 27.3 Å². The molecule has 4 atom stereocenters. The molecule has 0 aromatic heterocycles. The number of carbonyl (C=O) groups excluding carboxylic acids is 1. The Morgan fingerprint density at radius 3 is 2.71 bits per heavy atom. The van der Waals surface area contributed by atoms with Crippen LogP contribution >= 0.6 is 38.5 Å². The van der Waals surface area contributed by atoms with Crippen molar-refractivity contribution in [3.05, 3.63) is 31.8 Å². The van der Waals surface area contributed by atoms with E-state index in [0.29, 0.717) is 11.5 Å². The molecule has 2 N–H and O–H groups in total. The zero-order valence-electron chi connectivity index (χ0n) is 11.2. The summed E-state index contributed by atoms with van der Waals surface area (Å²) in [5.41, 5.74) is 0.594. The minimum Gasteiger partial charge on any atom is -0.481 e. The number of carbonyl (C=O) groups is 2. The van der Waals surface area contributed by atoms with Gasteiger partial charge < -0.3 is 10.4 Å². The van der Waals surface area contributed by atoms with Crippen molar-refractivity contribution in [2.75, 3.05) is 0 Å². The first-order valence-corrected chi connectivity index (χ1v) is 8.83. The first-order chi connectivity index (χ1) is 9.97. The van der Waals surface area contributed by atoms with Crippen LogP contribution in [-0.2, 0) is 4.79 Å². The van der Waals surface area contributed by atoms with Gasteiger partial charge in [0.05, 0.1) is 11.5 Å². The van der Waals surface area contributed by atoms with E-state index >= 15 is 0 Å². The molecular weight excluding hydrogens is 449 g/mol. The Morgan fingerprint density at radius 2 is 2.00 bits per heavy atom. The summed E-state index contributed by atoms with van der Waals surface area (Å²) in [6, 6.07) is 5.30. The molecule has 4 unspecified atom stereocenters. The Morgan fingerprint density at radius 1 is 1.29 bits per heavy atom. The van der Waals surface area contributed by atoms with Crippen molar-refractivity contribution in [3.8, 4) is 0 Å². The van der Waals surface area contributed by atoms with Crippen LogP contribution in [0.2, 0.25) is 0 Å². The molecule has 112 valence electrons. The predicted molar refractivity (Wildman–Crippen MR) is 90.1 cm³/mol. The van der Waals surface area contributed by atoms with Crippen LogP contribution in [0.5, 0.6) is 0 Å². The van der Waals surface area contributed by atoms with E-state index < -0.39 is 11.9 Å². The molecule has 3 rings (SSSR count). The minimum absolute atomic E-state index is 0.176.